The highest BCUT2D eigenvalue weighted by atomic mass is 16.7. The molecule has 0 aliphatic carbocycles. The fourth-order valence-corrected chi connectivity index (χ4v) is 4.34. The summed E-state index contributed by atoms with van der Waals surface area (Å²) in [6.45, 7) is 5.25. The topological polar surface area (TPSA) is 49.4 Å². The van der Waals surface area contributed by atoms with Gasteiger partial charge in [-0.25, -0.2) is 0 Å². The van der Waals surface area contributed by atoms with E-state index in [1.165, 1.54) is 11.1 Å². The third-order valence-electron chi connectivity index (χ3n) is 5.97. The van der Waals surface area contributed by atoms with Gasteiger partial charge >= 0.3 is 0 Å². The fourth-order valence-electron chi connectivity index (χ4n) is 4.34. The number of benzene rings is 2. The molecule has 2 aliphatic heterocycles. The molecule has 6 nitrogen and oxygen atoms in total. The highest BCUT2D eigenvalue weighted by molar-refractivity contribution is 5.45. The van der Waals surface area contributed by atoms with Gasteiger partial charge in [0.1, 0.15) is 5.75 Å². The lowest BCUT2D eigenvalue weighted by Gasteiger charge is -2.38. The zero-order chi connectivity index (χ0) is 20.8. The van der Waals surface area contributed by atoms with Crippen LogP contribution >= 0.6 is 0 Å². The molecule has 1 saturated heterocycles. The molecule has 162 valence electrons. The standard InChI is InChI=1S/C24H31NO5/c1-26-11-12-28-10-9-25-15-20(18-3-6-22(27-2)7-4-18)13-21(16-25)19-5-8-23-24(14-19)30-17-29-23/h3-8,14,20-21H,9-13,15-17H2,1-2H3/t20-,21-/m0/s1. The quantitative estimate of drug-likeness (QED) is 0.585. The van der Waals surface area contributed by atoms with Gasteiger partial charge in [0.05, 0.1) is 26.9 Å². The van der Waals surface area contributed by atoms with Crippen LogP contribution in [0.25, 0.3) is 0 Å². The van der Waals surface area contributed by atoms with Gasteiger partial charge in [0.25, 0.3) is 0 Å². The predicted molar refractivity (Wildman–Crippen MR) is 115 cm³/mol. The predicted octanol–water partition coefficient (Wildman–Crippen LogP) is 3.66. The first-order chi connectivity index (χ1) is 14.8. The molecule has 6 heteroatoms. The Morgan fingerprint density at radius 1 is 0.867 bits per heavy atom. The van der Waals surface area contributed by atoms with Gasteiger partial charge < -0.3 is 23.7 Å². The van der Waals surface area contributed by atoms with Crippen molar-refractivity contribution in [1.82, 2.24) is 4.90 Å². The van der Waals surface area contributed by atoms with Crippen molar-refractivity contribution in [2.45, 2.75) is 18.3 Å². The van der Waals surface area contributed by atoms with Gasteiger partial charge in [0.15, 0.2) is 11.5 Å². The number of hydrogen-bond donors (Lipinski definition) is 0. The number of likely N-dealkylation sites (tertiary alicyclic amines) is 1. The minimum absolute atomic E-state index is 0.308. The van der Waals surface area contributed by atoms with Crippen molar-refractivity contribution in [1.29, 1.82) is 0 Å². The molecule has 2 aromatic carbocycles. The summed E-state index contributed by atoms with van der Waals surface area (Å²) in [5, 5.41) is 0. The van der Waals surface area contributed by atoms with E-state index in [-0.39, 0.29) is 0 Å². The first-order valence-electron chi connectivity index (χ1n) is 10.6. The van der Waals surface area contributed by atoms with E-state index >= 15 is 0 Å². The Balaban J connectivity index is 1.48. The van der Waals surface area contributed by atoms with E-state index in [1.54, 1.807) is 14.2 Å². The molecule has 30 heavy (non-hydrogen) atoms. The zero-order valence-electron chi connectivity index (χ0n) is 17.8. The molecule has 0 unspecified atom stereocenters. The highest BCUT2D eigenvalue weighted by Crippen LogP contribution is 2.40. The lowest BCUT2D eigenvalue weighted by Crippen LogP contribution is -2.40. The monoisotopic (exact) mass is 413 g/mol. The lowest BCUT2D eigenvalue weighted by molar-refractivity contribution is 0.0507. The zero-order valence-corrected chi connectivity index (χ0v) is 17.8. The Kier molecular flexibility index (Phi) is 7.10. The van der Waals surface area contributed by atoms with Crippen molar-refractivity contribution < 1.29 is 23.7 Å². The summed E-state index contributed by atoms with van der Waals surface area (Å²) in [4.78, 5) is 2.51. The molecule has 0 N–H and O–H groups in total. The summed E-state index contributed by atoms with van der Waals surface area (Å²) in [5.41, 5.74) is 2.66. The minimum Gasteiger partial charge on any atom is -0.497 e. The molecule has 1 fully saturated rings. The number of methoxy groups -OCH3 is 2. The lowest BCUT2D eigenvalue weighted by atomic mass is 9.81. The average Bonchev–Trinajstić information content (AvgIpc) is 3.27. The molecule has 2 atom stereocenters. The van der Waals surface area contributed by atoms with Crippen LogP contribution in [0.1, 0.15) is 29.4 Å². The molecular formula is C24H31NO5. The second-order valence-electron chi connectivity index (χ2n) is 7.88. The molecular weight excluding hydrogens is 382 g/mol. The van der Waals surface area contributed by atoms with E-state index in [4.69, 9.17) is 23.7 Å². The average molecular weight is 414 g/mol. The highest BCUT2D eigenvalue weighted by Gasteiger charge is 2.30. The molecule has 0 spiro atoms. The molecule has 0 bridgehead atoms. The number of piperidine rings is 1. The van der Waals surface area contributed by atoms with Crippen LogP contribution in [0.2, 0.25) is 0 Å². The van der Waals surface area contributed by atoms with E-state index < -0.39 is 0 Å². The van der Waals surface area contributed by atoms with Gasteiger partial charge in [-0.05, 0) is 53.6 Å². The van der Waals surface area contributed by atoms with Gasteiger partial charge in [-0.1, -0.05) is 18.2 Å². The molecule has 0 saturated carbocycles. The van der Waals surface area contributed by atoms with Crippen LogP contribution in [0.15, 0.2) is 42.5 Å². The third kappa shape index (κ3) is 5.06. The summed E-state index contributed by atoms with van der Waals surface area (Å²) in [6.07, 6.45) is 1.10. The molecule has 0 amide bonds. The van der Waals surface area contributed by atoms with E-state index in [0.717, 1.165) is 43.3 Å². The third-order valence-corrected chi connectivity index (χ3v) is 5.97. The summed E-state index contributed by atoms with van der Waals surface area (Å²) in [6, 6.07) is 14.9. The van der Waals surface area contributed by atoms with Gasteiger partial charge in [-0.15, -0.1) is 0 Å². The van der Waals surface area contributed by atoms with Crippen LogP contribution in [-0.4, -0.2) is 65.4 Å². The van der Waals surface area contributed by atoms with E-state index in [2.05, 4.69) is 41.3 Å². The van der Waals surface area contributed by atoms with Crippen molar-refractivity contribution in [3.05, 3.63) is 53.6 Å². The first kappa shape index (κ1) is 21.0. The Hall–Kier alpha value is -2.28. The smallest absolute Gasteiger partial charge is 0.231 e. The number of ether oxygens (including phenoxy) is 5. The van der Waals surface area contributed by atoms with Crippen LogP contribution in [-0.2, 0) is 9.47 Å². The van der Waals surface area contributed by atoms with Gasteiger partial charge in [0.2, 0.25) is 6.79 Å². The van der Waals surface area contributed by atoms with Crippen molar-refractivity contribution in [3.8, 4) is 17.2 Å². The molecule has 0 aromatic heterocycles. The van der Waals surface area contributed by atoms with Gasteiger partial charge in [0, 0.05) is 26.7 Å². The summed E-state index contributed by atoms with van der Waals surface area (Å²) in [7, 11) is 3.40. The van der Waals surface area contributed by atoms with Crippen LogP contribution in [0, 0.1) is 0 Å². The van der Waals surface area contributed by atoms with E-state index in [9.17, 15) is 0 Å². The van der Waals surface area contributed by atoms with Crippen molar-refractivity contribution >= 4 is 0 Å². The number of fused-ring (bicyclic) bond motifs is 1. The Labute approximate surface area is 178 Å². The molecule has 2 aromatic rings. The van der Waals surface area contributed by atoms with Crippen LogP contribution in [0.3, 0.4) is 0 Å². The largest absolute Gasteiger partial charge is 0.497 e. The van der Waals surface area contributed by atoms with Crippen molar-refractivity contribution in [3.63, 3.8) is 0 Å². The molecule has 0 radical (unpaired) electrons. The summed E-state index contributed by atoms with van der Waals surface area (Å²) >= 11 is 0. The minimum atomic E-state index is 0.308. The second-order valence-corrected chi connectivity index (χ2v) is 7.88. The number of hydrogen-bond acceptors (Lipinski definition) is 6. The SMILES string of the molecule is COCCOCCN1C[C@@H](c2ccc(OC)cc2)C[C@H](c2ccc3c(c2)OCO3)C1. The second kappa shape index (κ2) is 10.2. The maximum absolute atomic E-state index is 5.73. The summed E-state index contributed by atoms with van der Waals surface area (Å²) < 4.78 is 27.2. The van der Waals surface area contributed by atoms with Crippen LogP contribution in [0.4, 0.5) is 0 Å². The summed E-state index contributed by atoms with van der Waals surface area (Å²) in [5.74, 6) is 3.47. The van der Waals surface area contributed by atoms with E-state index in [0.29, 0.717) is 38.4 Å². The molecule has 2 aliphatic rings. The number of rotatable bonds is 9. The van der Waals surface area contributed by atoms with Gasteiger partial charge in [-0.3, -0.25) is 4.90 Å². The number of nitrogens with zero attached hydrogens (tertiary/aromatic N) is 1. The van der Waals surface area contributed by atoms with Crippen molar-refractivity contribution in [2.75, 3.05) is 60.5 Å². The normalized spacial score (nSPS) is 21.0. The van der Waals surface area contributed by atoms with Crippen molar-refractivity contribution in [2.24, 2.45) is 0 Å². The maximum atomic E-state index is 5.73. The van der Waals surface area contributed by atoms with Crippen LogP contribution in [0.5, 0.6) is 17.2 Å². The Morgan fingerprint density at radius 2 is 1.60 bits per heavy atom. The van der Waals surface area contributed by atoms with Gasteiger partial charge in [-0.2, -0.15) is 0 Å². The fraction of sp³-hybridized carbons (Fsp3) is 0.500. The Morgan fingerprint density at radius 3 is 2.37 bits per heavy atom. The molecule has 4 rings (SSSR count). The maximum Gasteiger partial charge on any atom is 0.231 e. The van der Waals surface area contributed by atoms with E-state index in [1.807, 2.05) is 6.07 Å². The van der Waals surface area contributed by atoms with Crippen LogP contribution < -0.4 is 14.2 Å². The Bertz CT molecular complexity index is 810. The molecule has 2 heterocycles. The first-order valence-corrected chi connectivity index (χ1v) is 10.6.